The Balaban J connectivity index is 2.91. The summed E-state index contributed by atoms with van der Waals surface area (Å²) in [5.41, 5.74) is 0.815. The zero-order chi connectivity index (χ0) is 21.3. The maximum Gasteiger partial charge on any atom is 0.408 e. The summed E-state index contributed by atoms with van der Waals surface area (Å²) in [4.78, 5) is 24.2. The highest BCUT2D eigenvalue weighted by molar-refractivity contribution is 7.54. The van der Waals surface area contributed by atoms with Crippen molar-refractivity contribution < 1.29 is 32.7 Å². The maximum absolute atomic E-state index is 13.3. The predicted octanol–water partition coefficient (Wildman–Crippen LogP) is 3.95. The van der Waals surface area contributed by atoms with Gasteiger partial charge in [-0.05, 0) is 17.4 Å². The lowest BCUT2D eigenvalue weighted by Crippen LogP contribution is -2.41. The normalized spacial score (nSPS) is 15.6. The van der Waals surface area contributed by atoms with Crippen molar-refractivity contribution in [1.29, 1.82) is 0 Å². The first-order valence-electron chi connectivity index (χ1n) is 9.03. The van der Waals surface area contributed by atoms with Crippen LogP contribution in [0.3, 0.4) is 0 Å². The number of nitrogens with one attached hydrogen (secondary N) is 1. The molecule has 8 nitrogen and oxygen atoms in total. The number of ether oxygens (including phenoxy) is 2. The molecule has 158 valence electrons. The molecule has 1 amide bonds. The molecule has 0 saturated carbocycles. The zero-order valence-electron chi connectivity index (χ0n) is 17.2. The molecule has 1 aromatic carbocycles. The van der Waals surface area contributed by atoms with E-state index in [1.165, 1.54) is 14.2 Å². The first kappa shape index (κ1) is 24.1. The Morgan fingerprint density at radius 2 is 1.64 bits per heavy atom. The van der Waals surface area contributed by atoms with Crippen LogP contribution >= 0.6 is 7.60 Å². The predicted molar refractivity (Wildman–Crippen MR) is 105 cm³/mol. The van der Waals surface area contributed by atoms with Crippen LogP contribution in [0.15, 0.2) is 30.3 Å². The van der Waals surface area contributed by atoms with Crippen LogP contribution in [0.1, 0.15) is 33.3 Å². The monoisotopic (exact) mass is 415 g/mol. The van der Waals surface area contributed by atoms with Crippen LogP contribution in [0.5, 0.6) is 0 Å². The minimum atomic E-state index is -3.91. The first-order valence-corrected chi connectivity index (χ1v) is 10.6. The van der Waals surface area contributed by atoms with E-state index in [0.717, 1.165) is 5.56 Å². The van der Waals surface area contributed by atoms with E-state index < -0.39 is 31.5 Å². The van der Waals surface area contributed by atoms with E-state index in [0.29, 0.717) is 0 Å². The third-order valence-corrected chi connectivity index (χ3v) is 6.44. The van der Waals surface area contributed by atoms with E-state index in [-0.39, 0.29) is 18.4 Å². The number of esters is 1. The van der Waals surface area contributed by atoms with Gasteiger partial charge in [-0.3, -0.25) is 9.09 Å². The average Bonchev–Trinajstić information content (AvgIpc) is 2.68. The van der Waals surface area contributed by atoms with Crippen LogP contribution in [-0.2, 0) is 34.5 Å². The summed E-state index contributed by atoms with van der Waals surface area (Å²) >= 11 is 0. The Bertz CT molecular complexity index is 678. The lowest BCUT2D eigenvalue weighted by molar-refractivity contribution is -0.151. The summed E-state index contributed by atoms with van der Waals surface area (Å²) in [6.45, 7) is 7.02. The van der Waals surface area contributed by atoms with Crippen molar-refractivity contribution in [3.63, 3.8) is 0 Å². The van der Waals surface area contributed by atoms with Crippen molar-refractivity contribution in [2.45, 2.75) is 46.2 Å². The molecule has 0 aliphatic heterocycles. The summed E-state index contributed by atoms with van der Waals surface area (Å²) in [6.07, 6.45) is -1.86. The van der Waals surface area contributed by atoms with E-state index in [9.17, 15) is 14.2 Å². The molecule has 9 heteroatoms. The van der Waals surface area contributed by atoms with Gasteiger partial charge in [0.1, 0.15) is 12.4 Å². The van der Waals surface area contributed by atoms with Gasteiger partial charge in [0.15, 0.2) is 6.10 Å². The van der Waals surface area contributed by atoms with E-state index in [1.54, 1.807) is 27.7 Å². The summed E-state index contributed by atoms with van der Waals surface area (Å²) in [7, 11) is -1.48. The fraction of sp³-hybridized carbons (Fsp3) is 0.579. The van der Waals surface area contributed by atoms with Crippen LogP contribution in [-0.4, -0.2) is 38.2 Å². The molecule has 0 fully saturated rings. The number of carbonyl (C=O) groups excluding carboxylic acids is 2. The zero-order valence-corrected chi connectivity index (χ0v) is 18.1. The van der Waals surface area contributed by atoms with Crippen molar-refractivity contribution in [1.82, 2.24) is 5.32 Å². The Morgan fingerprint density at radius 3 is 2.11 bits per heavy atom. The number of amides is 1. The molecule has 0 saturated heterocycles. The number of alkyl carbamates (subject to hydrolysis) is 1. The molecule has 3 atom stereocenters. The Morgan fingerprint density at radius 1 is 1.04 bits per heavy atom. The van der Waals surface area contributed by atoms with Gasteiger partial charge in [0.2, 0.25) is 0 Å². The van der Waals surface area contributed by atoms with Gasteiger partial charge in [-0.1, -0.05) is 58.0 Å². The highest BCUT2D eigenvalue weighted by Gasteiger charge is 2.43. The Labute approximate surface area is 166 Å². The molecule has 0 heterocycles. The Kier molecular flexibility index (Phi) is 9.65. The quantitative estimate of drug-likeness (QED) is 0.456. The molecule has 2 unspecified atom stereocenters. The van der Waals surface area contributed by atoms with Crippen molar-refractivity contribution in [3.05, 3.63) is 35.9 Å². The van der Waals surface area contributed by atoms with Crippen LogP contribution in [0, 0.1) is 11.8 Å². The second kappa shape index (κ2) is 11.2. The van der Waals surface area contributed by atoms with E-state index >= 15 is 0 Å². The minimum Gasteiger partial charge on any atom is -0.467 e. The van der Waals surface area contributed by atoms with Gasteiger partial charge >= 0.3 is 19.7 Å². The topological polar surface area (TPSA) is 100 Å². The van der Waals surface area contributed by atoms with Gasteiger partial charge in [0.25, 0.3) is 0 Å². The van der Waals surface area contributed by atoms with Crippen molar-refractivity contribution >= 4 is 19.7 Å². The SMILES string of the molecule is COC(=O)[C@@H](OP(=O)(OC)C(NC(=O)OCc1ccccc1)C(C)C)C(C)C. The van der Waals surface area contributed by atoms with E-state index in [4.69, 9.17) is 18.5 Å². The fourth-order valence-electron chi connectivity index (χ4n) is 2.43. The molecule has 0 aliphatic rings. The van der Waals surface area contributed by atoms with Gasteiger partial charge in [-0.25, -0.2) is 9.59 Å². The van der Waals surface area contributed by atoms with Gasteiger partial charge < -0.3 is 19.3 Å². The molecule has 0 spiro atoms. The standard InChI is InChI=1S/C19H30NO7P/c1-13(2)16(18(21)24-5)27-28(23,25-6)17(14(3)4)20-19(22)26-12-15-10-8-7-9-11-15/h7-11,13-14,16-17H,12H2,1-6H3,(H,20,22)/t16-,17?,28?/m0/s1. The lowest BCUT2D eigenvalue weighted by Gasteiger charge is -2.32. The Hall–Kier alpha value is -1.89. The van der Waals surface area contributed by atoms with Gasteiger partial charge in [-0.15, -0.1) is 0 Å². The number of benzene rings is 1. The van der Waals surface area contributed by atoms with Crippen LogP contribution in [0.25, 0.3) is 0 Å². The van der Waals surface area contributed by atoms with Crippen molar-refractivity contribution in [3.8, 4) is 0 Å². The number of carbonyl (C=O) groups is 2. The number of hydrogen-bond acceptors (Lipinski definition) is 7. The van der Waals surface area contributed by atoms with Crippen LogP contribution in [0.2, 0.25) is 0 Å². The molecule has 1 rings (SSSR count). The van der Waals surface area contributed by atoms with E-state index in [2.05, 4.69) is 5.32 Å². The number of methoxy groups -OCH3 is 1. The molecule has 1 aromatic rings. The van der Waals surface area contributed by atoms with Crippen molar-refractivity contribution in [2.24, 2.45) is 11.8 Å². The smallest absolute Gasteiger partial charge is 0.408 e. The summed E-state index contributed by atoms with van der Waals surface area (Å²) in [6, 6.07) is 9.16. The largest absolute Gasteiger partial charge is 0.467 e. The first-order chi connectivity index (χ1) is 13.1. The minimum absolute atomic E-state index is 0.0619. The maximum atomic E-state index is 13.3. The second-order valence-electron chi connectivity index (χ2n) is 6.91. The number of hydrogen-bond donors (Lipinski definition) is 1. The summed E-state index contributed by atoms with van der Waals surface area (Å²) in [5.74, 6) is -2.30. The molecule has 1 N–H and O–H groups in total. The van der Waals surface area contributed by atoms with Gasteiger partial charge in [0, 0.05) is 7.11 Å². The molecule has 0 radical (unpaired) electrons. The van der Waals surface area contributed by atoms with Crippen LogP contribution in [0.4, 0.5) is 4.79 Å². The molecule has 0 aliphatic carbocycles. The van der Waals surface area contributed by atoms with Crippen LogP contribution < -0.4 is 5.32 Å². The van der Waals surface area contributed by atoms with Crippen molar-refractivity contribution in [2.75, 3.05) is 14.2 Å². The van der Waals surface area contributed by atoms with Gasteiger partial charge in [-0.2, -0.15) is 0 Å². The van der Waals surface area contributed by atoms with E-state index in [1.807, 2.05) is 30.3 Å². The summed E-state index contributed by atoms with van der Waals surface area (Å²) in [5, 5.41) is 2.55. The molecular weight excluding hydrogens is 385 g/mol. The third-order valence-electron chi connectivity index (χ3n) is 4.00. The molecule has 0 aromatic heterocycles. The van der Waals surface area contributed by atoms with Gasteiger partial charge in [0.05, 0.1) is 7.11 Å². The highest BCUT2D eigenvalue weighted by atomic mass is 31.2. The second-order valence-corrected chi connectivity index (χ2v) is 9.12. The third kappa shape index (κ3) is 6.93. The average molecular weight is 415 g/mol. The highest BCUT2D eigenvalue weighted by Crippen LogP contribution is 2.55. The molecule has 0 bridgehead atoms. The number of rotatable bonds is 10. The summed E-state index contributed by atoms with van der Waals surface area (Å²) < 4.78 is 34.0. The molecule has 28 heavy (non-hydrogen) atoms. The molecular formula is C19H30NO7P. The fourth-order valence-corrected chi connectivity index (χ4v) is 4.51. The lowest BCUT2D eigenvalue weighted by atomic mass is 10.1.